The van der Waals surface area contributed by atoms with Gasteiger partial charge in [-0.15, -0.1) is 0 Å². The molecule has 4 heteroatoms. The minimum atomic E-state index is 0.645. The summed E-state index contributed by atoms with van der Waals surface area (Å²) in [6.07, 6.45) is 0.894. The first kappa shape index (κ1) is 16.0. The van der Waals surface area contributed by atoms with Crippen LogP contribution in [-0.4, -0.2) is 11.5 Å². The van der Waals surface area contributed by atoms with E-state index < -0.39 is 0 Å². The van der Waals surface area contributed by atoms with Gasteiger partial charge in [0.15, 0.2) is 0 Å². The molecule has 0 radical (unpaired) electrons. The fraction of sp³-hybridized carbons (Fsp3) is 0.353. The summed E-state index contributed by atoms with van der Waals surface area (Å²) in [6, 6.07) is 10.2. The molecule has 2 aromatic rings. The summed E-state index contributed by atoms with van der Waals surface area (Å²) in [4.78, 5) is 4.55. The van der Waals surface area contributed by atoms with Crippen LogP contribution < -0.4 is 10.1 Å². The molecule has 0 unspecified atom stereocenters. The molecule has 1 aromatic carbocycles. The van der Waals surface area contributed by atoms with Crippen LogP contribution in [0.4, 0.5) is 0 Å². The highest BCUT2D eigenvalue weighted by molar-refractivity contribution is 9.10. The smallest absolute Gasteiger partial charge is 0.219 e. The quantitative estimate of drug-likeness (QED) is 0.827. The normalized spacial score (nSPS) is 10.7. The largest absolute Gasteiger partial charge is 0.438 e. The van der Waals surface area contributed by atoms with Gasteiger partial charge in [-0.05, 0) is 65.1 Å². The van der Waals surface area contributed by atoms with Crippen molar-refractivity contribution in [2.75, 3.05) is 6.54 Å². The molecule has 1 N–H and O–H groups in total. The Bertz CT molecular complexity index is 614. The Morgan fingerprint density at radius 3 is 2.67 bits per heavy atom. The van der Waals surface area contributed by atoms with E-state index in [0.29, 0.717) is 5.88 Å². The van der Waals surface area contributed by atoms with E-state index in [4.69, 9.17) is 4.74 Å². The third kappa shape index (κ3) is 4.55. The number of rotatable bonds is 6. The van der Waals surface area contributed by atoms with Crippen LogP contribution in [0.25, 0.3) is 0 Å². The molecule has 112 valence electrons. The van der Waals surface area contributed by atoms with Gasteiger partial charge in [0.25, 0.3) is 0 Å². The molecule has 0 saturated carbocycles. The number of hydrogen-bond donors (Lipinski definition) is 1. The maximum atomic E-state index is 5.94. The molecule has 0 bridgehead atoms. The Labute approximate surface area is 134 Å². The molecule has 0 aliphatic rings. The van der Waals surface area contributed by atoms with Gasteiger partial charge in [0.2, 0.25) is 5.88 Å². The highest BCUT2D eigenvalue weighted by Gasteiger charge is 2.07. The number of aryl methyl sites for hydroxylation is 2. The average molecular weight is 349 g/mol. The summed E-state index contributed by atoms with van der Waals surface area (Å²) in [5, 5.41) is 3.33. The van der Waals surface area contributed by atoms with Crippen LogP contribution in [-0.2, 0) is 13.0 Å². The predicted molar refractivity (Wildman–Crippen MR) is 89.9 cm³/mol. The van der Waals surface area contributed by atoms with Crippen molar-refractivity contribution in [3.8, 4) is 11.6 Å². The Hall–Kier alpha value is -1.39. The van der Waals surface area contributed by atoms with Crippen molar-refractivity contribution in [2.24, 2.45) is 0 Å². The predicted octanol–water partition coefficient (Wildman–Crippen LogP) is 4.62. The second-order valence-electron chi connectivity index (χ2n) is 4.97. The van der Waals surface area contributed by atoms with Gasteiger partial charge in [-0.1, -0.05) is 19.9 Å². The summed E-state index contributed by atoms with van der Waals surface area (Å²) < 4.78 is 6.89. The van der Waals surface area contributed by atoms with Crippen LogP contribution >= 0.6 is 15.9 Å². The van der Waals surface area contributed by atoms with Crippen molar-refractivity contribution < 1.29 is 4.74 Å². The lowest BCUT2D eigenvalue weighted by atomic mass is 10.2. The molecule has 0 aliphatic carbocycles. The minimum Gasteiger partial charge on any atom is -0.438 e. The van der Waals surface area contributed by atoms with Gasteiger partial charge in [-0.2, -0.15) is 0 Å². The maximum absolute atomic E-state index is 5.94. The SMILES string of the molecule is CCNCc1cc(CC)nc(Oc2ccc(C)cc2Br)c1. The number of nitrogens with zero attached hydrogens (tertiary/aromatic N) is 1. The summed E-state index contributed by atoms with van der Waals surface area (Å²) in [5.74, 6) is 1.43. The Balaban J connectivity index is 2.25. The van der Waals surface area contributed by atoms with E-state index in [2.05, 4.69) is 53.1 Å². The second-order valence-corrected chi connectivity index (χ2v) is 5.83. The fourth-order valence-electron chi connectivity index (χ4n) is 2.03. The highest BCUT2D eigenvalue weighted by Crippen LogP contribution is 2.30. The van der Waals surface area contributed by atoms with E-state index in [1.165, 1.54) is 11.1 Å². The average Bonchev–Trinajstić information content (AvgIpc) is 2.48. The number of nitrogens with one attached hydrogen (secondary N) is 1. The summed E-state index contributed by atoms with van der Waals surface area (Å²) in [7, 11) is 0. The number of benzene rings is 1. The zero-order chi connectivity index (χ0) is 15.2. The number of halogens is 1. The molecule has 3 nitrogen and oxygen atoms in total. The third-order valence-electron chi connectivity index (χ3n) is 3.16. The lowest BCUT2D eigenvalue weighted by molar-refractivity contribution is 0.456. The molecule has 0 aliphatic heterocycles. The van der Waals surface area contributed by atoms with Crippen LogP contribution in [0.15, 0.2) is 34.8 Å². The van der Waals surface area contributed by atoms with Crippen molar-refractivity contribution >= 4 is 15.9 Å². The van der Waals surface area contributed by atoms with E-state index in [9.17, 15) is 0 Å². The van der Waals surface area contributed by atoms with Gasteiger partial charge in [-0.3, -0.25) is 0 Å². The standard InChI is InChI=1S/C17H21BrN2O/c1-4-14-9-13(11-19-5-2)10-17(20-14)21-16-7-6-12(3)8-15(16)18/h6-10,19H,4-5,11H2,1-3H3. The Morgan fingerprint density at radius 1 is 1.19 bits per heavy atom. The van der Waals surface area contributed by atoms with Crippen LogP contribution in [0.1, 0.15) is 30.7 Å². The molecule has 0 spiro atoms. The van der Waals surface area contributed by atoms with Crippen LogP contribution in [0.5, 0.6) is 11.6 Å². The molecule has 0 amide bonds. The van der Waals surface area contributed by atoms with Crippen molar-refractivity contribution in [3.05, 3.63) is 51.6 Å². The number of ether oxygens (including phenoxy) is 1. The molecule has 0 saturated heterocycles. The fourth-order valence-corrected chi connectivity index (χ4v) is 2.60. The van der Waals surface area contributed by atoms with E-state index in [-0.39, 0.29) is 0 Å². The summed E-state index contributed by atoms with van der Waals surface area (Å²) in [5.41, 5.74) is 3.43. The topological polar surface area (TPSA) is 34.2 Å². The van der Waals surface area contributed by atoms with E-state index >= 15 is 0 Å². The zero-order valence-electron chi connectivity index (χ0n) is 12.7. The monoisotopic (exact) mass is 348 g/mol. The first-order chi connectivity index (χ1) is 10.1. The van der Waals surface area contributed by atoms with Gasteiger partial charge in [0, 0.05) is 18.3 Å². The second kappa shape index (κ2) is 7.57. The molecular formula is C17H21BrN2O. The molecule has 1 heterocycles. The van der Waals surface area contributed by atoms with Gasteiger partial charge in [0.05, 0.1) is 4.47 Å². The maximum Gasteiger partial charge on any atom is 0.219 e. The molecular weight excluding hydrogens is 328 g/mol. The first-order valence-electron chi connectivity index (χ1n) is 7.27. The van der Waals surface area contributed by atoms with Gasteiger partial charge < -0.3 is 10.1 Å². The van der Waals surface area contributed by atoms with Crippen molar-refractivity contribution in [1.29, 1.82) is 0 Å². The molecule has 2 rings (SSSR count). The van der Waals surface area contributed by atoms with Gasteiger partial charge in [0.1, 0.15) is 5.75 Å². The van der Waals surface area contributed by atoms with Crippen molar-refractivity contribution in [2.45, 2.75) is 33.7 Å². The molecule has 0 fully saturated rings. The van der Waals surface area contributed by atoms with Gasteiger partial charge in [-0.25, -0.2) is 4.98 Å². The number of pyridine rings is 1. The first-order valence-corrected chi connectivity index (χ1v) is 8.06. The van der Waals surface area contributed by atoms with Crippen molar-refractivity contribution in [1.82, 2.24) is 10.3 Å². The summed E-state index contributed by atoms with van der Waals surface area (Å²) >= 11 is 3.54. The van der Waals surface area contributed by atoms with E-state index in [1.807, 2.05) is 24.3 Å². The molecule has 0 atom stereocenters. The molecule has 1 aromatic heterocycles. The number of hydrogen-bond acceptors (Lipinski definition) is 3. The van der Waals surface area contributed by atoms with Crippen molar-refractivity contribution in [3.63, 3.8) is 0 Å². The minimum absolute atomic E-state index is 0.645. The van der Waals surface area contributed by atoms with Crippen LogP contribution in [0.2, 0.25) is 0 Å². The van der Waals surface area contributed by atoms with E-state index in [0.717, 1.165) is 35.4 Å². The summed E-state index contributed by atoms with van der Waals surface area (Å²) in [6.45, 7) is 8.04. The van der Waals surface area contributed by atoms with Crippen LogP contribution in [0, 0.1) is 6.92 Å². The van der Waals surface area contributed by atoms with E-state index in [1.54, 1.807) is 0 Å². The Morgan fingerprint density at radius 2 is 2.00 bits per heavy atom. The lowest BCUT2D eigenvalue weighted by Gasteiger charge is -2.11. The number of aromatic nitrogens is 1. The molecule has 21 heavy (non-hydrogen) atoms. The van der Waals surface area contributed by atoms with Gasteiger partial charge >= 0.3 is 0 Å². The Kier molecular flexibility index (Phi) is 5.76. The highest BCUT2D eigenvalue weighted by atomic mass is 79.9. The lowest BCUT2D eigenvalue weighted by Crippen LogP contribution is -2.12. The van der Waals surface area contributed by atoms with Crippen LogP contribution in [0.3, 0.4) is 0 Å². The zero-order valence-corrected chi connectivity index (χ0v) is 14.3. The third-order valence-corrected chi connectivity index (χ3v) is 3.78.